The summed E-state index contributed by atoms with van der Waals surface area (Å²) in [6, 6.07) is 21.4. The van der Waals surface area contributed by atoms with Crippen LogP contribution in [0.25, 0.3) is 44.5 Å². The Morgan fingerprint density at radius 1 is 0.417 bits per heavy atom. The van der Waals surface area contributed by atoms with Crippen molar-refractivity contribution in [2.24, 2.45) is 0 Å². The Hall–Kier alpha value is -3.26. The summed E-state index contributed by atoms with van der Waals surface area (Å²) in [7, 11) is 0. The Bertz CT molecular complexity index is 1020. The van der Waals surface area contributed by atoms with E-state index in [1.54, 1.807) is 0 Å². The fourth-order valence-corrected chi connectivity index (χ4v) is 3.57. The van der Waals surface area contributed by atoms with Crippen LogP contribution in [-0.2, 0) is 0 Å². The summed E-state index contributed by atoms with van der Waals surface area (Å²) >= 11 is 0. The normalized spacial score (nSPS) is 11.3. The molecule has 0 aliphatic heterocycles. The molecule has 0 saturated heterocycles. The first-order valence-corrected chi connectivity index (χ1v) is 8.01. The van der Waals surface area contributed by atoms with Crippen LogP contribution in [0.2, 0.25) is 0 Å². The van der Waals surface area contributed by atoms with Gasteiger partial charge >= 0.3 is 0 Å². The van der Waals surface area contributed by atoms with E-state index in [1.165, 1.54) is 44.5 Å². The van der Waals surface area contributed by atoms with Crippen molar-refractivity contribution >= 4 is 0 Å². The second-order valence-corrected chi connectivity index (χ2v) is 5.93. The Morgan fingerprint density at radius 2 is 1.00 bits per heavy atom. The van der Waals surface area contributed by atoms with Crippen LogP contribution in [0.5, 0.6) is 0 Å². The van der Waals surface area contributed by atoms with Crippen molar-refractivity contribution in [1.82, 2.24) is 9.97 Å². The van der Waals surface area contributed by atoms with Gasteiger partial charge in [0.15, 0.2) is 0 Å². The third-order valence-electron chi connectivity index (χ3n) is 4.65. The summed E-state index contributed by atoms with van der Waals surface area (Å²) in [5, 5.41) is 0. The zero-order chi connectivity index (χ0) is 15.9. The minimum atomic E-state index is 1.18. The molecule has 0 N–H and O–H groups in total. The molecule has 0 bridgehead atoms. The molecule has 112 valence electrons. The van der Waals surface area contributed by atoms with Crippen molar-refractivity contribution in [3.63, 3.8) is 0 Å². The summed E-state index contributed by atoms with van der Waals surface area (Å²) in [6.07, 6.45) is 7.41. The maximum absolute atomic E-state index is 4.18. The summed E-state index contributed by atoms with van der Waals surface area (Å²) in [5.41, 5.74) is 10.2. The zero-order valence-corrected chi connectivity index (χ0v) is 13.0. The lowest BCUT2D eigenvalue weighted by atomic mass is 9.74. The molecule has 0 amide bonds. The van der Waals surface area contributed by atoms with Crippen LogP contribution in [-0.4, -0.2) is 9.97 Å². The van der Waals surface area contributed by atoms with Crippen molar-refractivity contribution in [2.75, 3.05) is 0 Å². The second kappa shape index (κ2) is 5.14. The van der Waals surface area contributed by atoms with Gasteiger partial charge in [-0.2, -0.15) is 0 Å². The minimum Gasteiger partial charge on any atom is -0.265 e. The Kier molecular flexibility index (Phi) is 2.83. The first-order chi connectivity index (χ1) is 11.9. The molecular weight excluding hydrogens is 292 g/mol. The van der Waals surface area contributed by atoms with Crippen LogP contribution in [0.4, 0.5) is 0 Å². The lowest BCUT2D eigenvalue weighted by Crippen LogP contribution is -2.02. The van der Waals surface area contributed by atoms with Gasteiger partial charge in [-0.15, -0.1) is 0 Å². The summed E-state index contributed by atoms with van der Waals surface area (Å²) in [5.74, 6) is 0. The SMILES string of the molecule is c1ccc2c(c1)-c1ccc(-c3ccncc3)c(-c3ccncc3)c1-2. The van der Waals surface area contributed by atoms with Gasteiger partial charge in [-0.05, 0) is 68.8 Å². The van der Waals surface area contributed by atoms with Gasteiger partial charge in [0.1, 0.15) is 0 Å². The van der Waals surface area contributed by atoms with Crippen LogP contribution < -0.4 is 0 Å². The van der Waals surface area contributed by atoms with Gasteiger partial charge in [0.05, 0.1) is 0 Å². The molecule has 2 aromatic heterocycles. The first kappa shape index (κ1) is 13.2. The van der Waals surface area contributed by atoms with Crippen molar-refractivity contribution in [2.45, 2.75) is 0 Å². The molecule has 1 aliphatic carbocycles. The van der Waals surface area contributed by atoms with Gasteiger partial charge in [-0.3, -0.25) is 9.97 Å². The van der Waals surface area contributed by atoms with Crippen molar-refractivity contribution in [3.05, 3.63) is 85.5 Å². The number of rotatable bonds is 2. The molecule has 0 fully saturated rings. The molecule has 4 aromatic rings. The third-order valence-corrected chi connectivity index (χ3v) is 4.65. The molecular formula is C22H14N2. The maximum atomic E-state index is 4.18. The molecule has 2 nitrogen and oxygen atoms in total. The number of aromatic nitrogens is 2. The minimum absolute atomic E-state index is 1.18. The Morgan fingerprint density at radius 3 is 1.71 bits per heavy atom. The van der Waals surface area contributed by atoms with E-state index in [0.29, 0.717) is 0 Å². The quantitative estimate of drug-likeness (QED) is 0.433. The molecule has 0 saturated carbocycles. The highest BCUT2D eigenvalue weighted by molar-refractivity contribution is 6.12. The number of hydrogen-bond acceptors (Lipinski definition) is 2. The molecule has 0 atom stereocenters. The summed E-state index contributed by atoms with van der Waals surface area (Å²) < 4.78 is 0. The third kappa shape index (κ3) is 1.83. The number of fused-ring (bicyclic) bond motifs is 4. The molecule has 2 aromatic carbocycles. The van der Waals surface area contributed by atoms with Crippen LogP contribution in [0.15, 0.2) is 85.5 Å². The lowest BCUT2D eigenvalue weighted by Gasteiger charge is -2.29. The van der Waals surface area contributed by atoms with E-state index in [9.17, 15) is 0 Å². The molecule has 0 spiro atoms. The van der Waals surface area contributed by atoms with E-state index in [1.807, 2.05) is 24.8 Å². The van der Waals surface area contributed by atoms with Crippen molar-refractivity contribution in [1.29, 1.82) is 0 Å². The van der Waals surface area contributed by atoms with Gasteiger partial charge in [0.2, 0.25) is 0 Å². The van der Waals surface area contributed by atoms with Crippen molar-refractivity contribution < 1.29 is 0 Å². The van der Waals surface area contributed by atoms with Crippen LogP contribution in [0, 0.1) is 0 Å². The first-order valence-electron chi connectivity index (χ1n) is 8.01. The Balaban J connectivity index is 1.84. The smallest absolute Gasteiger partial charge is 0.0273 e. The van der Waals surface area contributed by atoms with Crippen LogP contribution in [0.1, 0.15) is 0 Å². The highest BCUT2D eigenvalue weighted by atomic mass is 14.6. The molecule has 2 heteroatoms. The maximum Gasteiger partial charge on any atom is 0.0273 e. The highest BCUT2D eigenvalue weighted by Gasteiger charge is 2.27. The van der Waals surface area contributed by atoms with Gasteiger partial charge in [0, 0.05) is 24.8 Å². The highest BCUT2D eigenvalue weighted by Crippen LogP contribution is 2.54. The number of pyridine rings is 2. The second-order valence-electron chi connectivity index (χ2n) is 5.93. The van der Waals surface area contributed by atoms with Gasteiger partial charge in [-0.1, -0.05) is 36.4 Å². The van der Waals surface area contributed by atoms with E-state index >= 15 is 0 Å². The topological polar surface area (TPSA) is 25.8 Å². The molecule has 0 unspecified atom stereocenters. The van der Waals surface area contributed by atoms with E-state index in [-0.39, 0.29) is 0 Å². The predicted molar refractivity (Wildman–Crippen MR) is 97.3 cm³/mol. The predicted octanol–water partition coefficient (Wildman–Crippen LogP) is 5.46. The molecule has 1 aliphatic rings. The number of benzene rings is 2. The lowest BCUT2D eigenvalue weighted by molar-refractivity contribution is 1.32. The number of hydrogen-bond donors (Lipinski definition) is 0. The average Bonchev–Trinajstić information content (AvgIpc) is 2.66. The molecule has 24 heavy (non-hydrogen) atoms. The monoisotopic (exact) mass is 306 g/mol. The Labute approximate surface area is 140 Å². The zero-order valence-electron chi connectivity index (χ0n) is 13.0. The molecule has 5 rings (SSSR count). The summed E-state index contributed by atoms with van der Waals surface area (Å²) in [6.45, 7) is 0. The standard InChI is InChI=1S/C22H14N2/c1-2-4-19-18(3-1)20-6-5-17(15-7-11-23-12-8-15)21(22(19)20)16-9-13-24-14-10-16/h1-14H. The average molecular weight is 306 g/mol. The van der Waals surface area contributed by atoms with E-state index in [2.05, 4.69) is 70.6 Å². The largest absolute Gasteiger partial charge is 0.265 e. The van der Waals surface area contributed by atoms with Gasteiger partial charge in [-0.25, -0.2) is 0 Å². The van der Waals surface area contributed by atoms with Crippen molar-refractivity contribution in [3.8, 4) is 44.5 Å². The van der Waals surface area contributed by atoms with E-state index in [0.717, 1.165) is 0 Å². The van der Waals surface area contributed by atoms with E-state index in [4.69, 9.17) is 0 Å². The fourth-order valence-electron chi connectivity index (χ4n) is 3.57. The molecule has 0 radical (unpaired) electrons. The van der Waals surface area contributed by atoms with E-state index < -0.39 is 0 Å². The van der Waals surface area contributed by atoms with Crippen LogP contribution in [0.3, 0.4) is 0 Å². The number of nitrogens with zero attached hydrogens (tertiary/aromatic N) is 2. The van der Waals surface area contributed by atoms with Crippen LogP contribution >= 0.6 is 0 Å². The fraction of sp³-hybridized carbons (Fsp3) is 0. The molecule has 2 heterocycles. The van der Waals surface area contributed by atoms with Gasteiger partial charge in [0.25, 0.3) is 0 Å². The summed E-state index contributed by atoms with van der Waals surface area (Å²) in [4.78, 5) is 8.33. The van der Waals surface area contributed by atoms with Gasteiger partial charge < -0.3 is 0 Å².